The van der Waals surface area contributed by atoms with Crippen molar-refractivity contribution in [3.05, 3.63) is 28.8 Å². The molecule has 0 radical (unpaired) electrons. The number of carbonyl (C=O) groups excluding carboxylic acids is 1. The molecular formula is C16H23ClN2O2S. The summed E-state index contributed by atoms with van der Waals surface area (Å²) in [6.45, 7) is 2.90. The van der Waals surface area contributed by atoms with Crippen molar-refractivity contribution >= 4 is 34.1 Å². The topological polar surface area (TPSA) is 58.2 Å². The van der Waals surface area contributed by atoms with Crippen LogP contribution in [0.3, 0.4) is 0 Å². The molecule has 0 saturated heterocycles. The minimum absolute atomic E-state index is 0.201. The van der Waals surface area contributed by atoms with Gasteiger partial charge in [0.15, 0.2) is 0 Å². The van der Waals surface area contributed by atoms with Gasteiger partial charge in [0.05, 0.1) is 0 Å². The van der Waals surface area contributed by atoms with Gasteiger partial charge in [-0.3, -0.25) is 4.21 Å². The maximum absolute atomic E-state index is 12.0. The van der Waals surface area contributed by atoms with Crippen molar-refractivity contribution in [2.45, 2.75) is 38.4 Å². The molecular weight excluding hydrogens is 320 g/mol. The Labute approximate surface area is 139 Å². The molecule has 0 heterocycles. The Bertz CT molecular complexity index is 573. The van der Waals surface area contributed by atoms with Gasteiger partial charge in [0, 0.05) is 40.1 Å². The smallest absolute Gasteiger partial charge is 0.319 e. The van der Waals surface area contributed by atoms with Crippen LogP contribution < -0.4 is 10.6 Å². The van der Waals surface area contributed by atoms with Crippen molar-refractivity contribution in [3.63, 3.8) is 0 Å². The first-order chi connectivity index (χ1) is 10.4. The van der Waals surface area contributed by atoms with Crippen molar-refractivity contribution in [1.29, 1.82) is 0 Å². The van der Waals surface area contributed by atoms with Crippen molar-refractivity contribution in [1.82, 2.24) is 5.32 Å². The van der Waals surface area contributed by atoms with Gasteiger partial charge < -0.3 is 10.6 Å². The first kappa shape index (κ1) is 17.3. The summed E-state index contributed by atoms with van der Waals surface area (Å²) < 4.78 is 11.3. The van der Waals surface area contributed by atoms with Crippen LogP contribution in [0.15, 0.2) is 18.2 Å². The van der Waals surface area contributed by atoms with Gasteiger partial charge in [-0.2, -0.15) is 0 Å². The first-order valence-corrected chi connectivity index (χ1v) is 9.68. The molecule has 22 heavy (non-hydrogen) atoms. The molecule has 4 nitrogen and oxygen atoms in total. The molecule has 2 N–H and O–H groups in total. The van der Waals surface area contributed by atoms with Crippen LogP contribution in [0.4, 0.5) is 10.5 Å². The maximum atomic E-state index is 12.0. The van der Waals surface area contributed by atoms with E-state index in [1.807, 2.05) is 0 Å². The largest absolute Gasteiger partial charge is 0.337 e. The lowest BCUT2D eigenvalue weighted by Crippen LogP contribution is -2.33. The zero-order chi connectivity index (χ0) is 16.2. The Kier molecular flexibility index (Phi) is 5.87. The lowest BCUT2D eigenvalue weighted by Gasteiger charge is -2.15. The fraction of sp³-hybridized carbons (Fsp3) is 0.562. The fourth-order valence-corrected chi connectivity index (χ4v) is 3.59. The van der Waals surface area contributed by atoms with Crippen LogP contribution in [0.2, 0.25) is 5.02 Å². The van der Waals surface area contributed by atoms with Crippen molar-refractivity contribution in [2.75, 3.05) is 18.1 Å². The molecule has 1 unspecified atom stereocenters. The van der Waals surface area contributed by atoms with E-state index in [9.17, 15) is 9.00 Å². The second-order valence-electron chi connectivity index (χ2n) is 6.08. The van der Waals surface area contributed by atoms with E-state index in [1.54, 1.807) is 24.5 Å². The number of anilines is 1. The number of benzene rings is 1. The van der Waals surface area contributed by atoms with E-state index in [1.165, 1.54) is 19.3 Å². The van der Waals surface area contributed by atoms with E-state index in [0.29, 0.717) is 21.9 Å². The van der Waals surface area contributed by atoms with Crippen LogP contribution in [-0.2, 0) is 16.6 Å². The number of hydrogen-bond donors (Lipinski definition) is 2. The predicted octanol–water partition coefficient (Wildman–Crippen LogP) is 3.92. The monoisotopic (exact) mass is 342 g/mol. The Morgan fingerprint density at radius 3 is 2.73 bits per heavy atom. The van der Waals surface area contributed by atoms with Crippen molar-refractivity contribution in [3.8, 4) is 0 Å². The van der Waals surface area contributed by atoms with E-state index in [-0.39, 0.29) is 6.03 Å². The summed E-state index contributed by atoms with van der Waals surface area (Å²) in [5.41, 5.74) is 1.78. The molecule has 0 aliphatic heterocycles. The molecule has 2 rings (SSSR count). The third-order valence-electron chi connectivity index (χ3n) is 4.02. The molecule has 1 aliphatic rings. The second-order valence-corrected chi connectivity index (χ2v) is 7.92. The summed E-state index contributed by atoms with van der Waals surface area (Å²) in [4.78, 5) is 12.0. The average Bonchev–Trinajstić information content (AvgIpc) is 3.21. The highest BCUT2D eigenvalue weighted by Crippen LogP contribution is 2.48. The summed E-state index contributed by atoms with van der Waals surface area (Å²) in [5, 5.41) is 6.34. The van der Waals surface area contributed by atoms with Crippen LogP contribution in [0.1, 0.15) is 38.2 Å². The van der Waals surface area contributed by atoms with Gasteiger partial charge in [-0.25, -0.2) is 4.79 Å². The molecule has 1 saturated carbocycles. The molecule has 122 valence electrons. The molecule has 1 aliphatic carbocycles. The summed E-state index contributed by atoms with van der Waals surface area (Å²) in [7, 11) is -0.970. The predicted molar refractivity (Wildman–Crippen MR) is 92.8 cm³/mol. The molecule has 1 fully saturated rings. The van der Waals surface area contributed by atoms with Crippen LogP contribution in [0.5, 0.6) is 0 Å². The zero-order valence-electron chi connectivity index (χ0n) is 13.1. The van der Waals surface area contributed by atoms with Crippen LogP contribution >= 0.6 is 11.6 Å². The third kappa shape index (κ3) is 4.99. The van der Waals surface area contributed by atoms with Crippen molar-refractivity contribution < 1.29 is 9.00 Å². The van der Waals surface area contributed by atoms with E-state index >= 15 is 0 Å². The molecule has 6 heteroatoms. The molecule has 0 spiro atoms. The number of rotatable bonds is 7. The lowest BCUT2D eigenvalue weighted by molar-refractivity contribution is 0.249. The van der Waals surface area contributed by atoms with Crippen LogP contribution in [-0.4, -0.2) is 23.0 Å². The Balaban J connectivity index is 1.90. The Morgan fingerprint density at radius 2 is 2.14 bits per heavy atom. The highest BCUT2D eigenvalue weighted by Gasteiger charge is 2.41. The highest BCUT2D eigenvalue weighted by molar-refractivity contribution is 7.83. The van der Waals surface area contributed by atoms with Crippen LogP contribution in [0, 0.1) is 5.41 Å². The summed E-state index contributed by atoms with van der Waals surface area (Å²) >= 11 is 6.08. The van der Waals surface area contributed by atoms with Gasteiger partial charge in [-0.05, 0) is 48.4 Å². The van der Waals surface area contributed by atoms with E-state index < -0.39 is 10.8 Å². The molecule has 2 amide bonds. The number of hydrogen-bond acceptors (Lipinski definition) is 2. The van der Waals surface area contributed by atoms with Gasteiger partial charge in [0.25, 0.3) is 0 Å². The normalized spacial score (nSPS) is 16.9. The van der Waals surface area contributed by atoms with Gasteiger partial charge in [0.1, 0.15) is 0 Å². The van der Waals surface area contributed by atoms with Crippen LogP contribution in [0.25, 0.3) is 0 Å². The van der Waals surface area contributed by atoms with Gasteiger partial charge >= 0.3 is 6.03 Å². The quantitative estimate of drug-likeness (QED) is 0.789. The number of halogens is 1. The number of carbonyl (C=O) groups is 1. The van der Waals surface area contributed by atoms with Gasteiger partial charge in [-0.15, -0.1) is 0 Å². The minimum Gasteiger partial charge on any atom is -0.337 e. The third-order valence-corrected chi connectivity index (χ3v) is 5.11. The average molecular weight is 343 g/mol. The number of nitrogens with one attached hydrogen (secondary N) is 2. The van der Waals surface area contributed by atoms with Gasteiger partial charge in [0.2, 0.25) is 0 Å². The summed E-state index contributed by atoms with van der Waals surface area (Å²) in [5.74, 6) is 0.385. The Hall–Kier alpha value is -1.07. The fourth-order valence-electron chi connectivity index (χ4n) is 2.65. The maximum Gasteiger partial charge on any atom is 0.319 e. The summed E-state index contributed by atoms with van der Waals surface area (Å²) in [6, 6.07) is 5.05. The molecule has 1 aromatic carbocycles. The van der Waals surface area contributed by atoms with Crippen molar-refractivity contribution in [2.24, 2.45) is 5.41 Å². The second kappa shape index (κ2) is 7.47. The minimum atomic E-state index is -0.970. The standard InChI is InChI=1S/C16H23ClN2O2S/c1-3-6-16(7-8-16)11-18-15(20)19-13-4-5-14(17)12(9-13)10-22(2)21/h4-5,9H,3,6-8,10-11H2,1-2H3,(H2,18,19,20). The SMILES string of the molecule is CCCC1(CNC(=O)Nc2ccc(Cl)c(CS(C)=O)c2)CC1. The van der Waals surface area contributed by atoms with E-state index in [2.05, 4.69) is 17.6 Å². The Morgan fingerprint density at radius 1 is 1.41 bits per heavy atom. The number of amides is 2. The van der Waals surface area contributed by atoms with Gasteiger partial charge in [-0.1, -0.05) is 24.9 Å². The molecule has 1 aromatic rings. The highest BCUT2D eigenvalue weighted by atomic mass is 35.5. The molecule has 0 bridgehead atoms. The molecule has 0 aromatic heterocycles. The van der Waals surface area contributed by atoms with E-state index in [4.69, 9.17) is 11.6 Å². The lowest BCUT2D eigenvalue weighted by atomic mass is 10.0. The van der Waals surface area contributed by atoms with E-state index in [0.717, 1.165) is 18.5 Å². The molecule has 1 atom stereocenters. The first-order valence-electron chi connectivity index (χ1n) is 7.57. The summed E-state index contributed by atoms with van der Waals surface area (Å²) in [6.07, 6.45) is 6.35. The number of urea groups is 1. The zero-order valence-corrected chi connectivity index (χ0v) is 14.6.